The summed E-state index contributed by atoms with van der Waals surface area (Å²) in [5.41, 5.74) is -3.06. The van der Waals surface area contributed by atoms with Crippen LogP contribution in [0, 0.1) is 5.41 Å². The third-order valence-electron chi connectivity index (χ3n) is 2.94. The minimum atomic E-state index is -2.16. The molecule has 0 radical (unpaired) electrons. The zero-order valence-corrected chi connectivity index (χ0v) is 17.1. The van der Waals surface area contributed by atoms with Crippen LogP contribution in [0.3, 0.4) is 0 Å². The van der Waals surface area contributed by atoms with E-state index in [4.69, 9.17) is 0 Å². The molecule has 0 atom stereocenters. The van der Waals surface area contributed by atoms with E-state index in [2.05, 4.69) is 0 Å². The zero-order valence-electron chi connectivity index (χ0n) is 12.0. The molecule has 0 aliphatic rings. The van der Waals surface area contributed by atoms with Crippen molar-refractivity contribution in [2.45, 2.75) is 26.2 Å². The molecule has 6 heteroatoms. The molecule has 0 saturated carbocycles. The van der Waals surface area contributed by atoms with Crippen molar-refractivity contribution in [1.82, 2.24) is 0 Å². The average molecular weight is 296 g/mol. The van der Waals surface area contributed by atoms with Crippen LogP contribution in [0.4, 0.5) is 0 Å². The number of benzene rings is 1. The van der Waals surface area contributed by atoms with E-state index in [1.807, 2.05) is 0 Å². The monoisotopic (exact) mass is 296 g/mol. The van der Waals surface area contributed by atoms with E-state index < -0.39 is 22.8 Å². The number of rotatable bonds is 3. The number of hydrogen-bond donors (Lipinski definition) is 0. The van der Waals surface area contributed by atoms with Gasteiger partial charge in [0.1, 0.15) is 0 Å². The largest absolute Gasteiger partial charge is 1.00 e. The minimum Gasteiger partial charge on any atom is -0.549 e. The van der Waals surface area contributed by atoms with Gasteiger partial charge in [0.2, 0.25) is 0 Å². The maximum atomic E-state index is 11.4. The van der Waals surface area contributed by atoms with E-state index in [0.717, 1.165) is 0 Å². The topological polar surface area (TPSA) is 80.3 Å². The minimum absolute atomic E-state index is 0. The standard InChI is InChI=1S/C13H16O4.K.Na/c1-12(2,3)13(10(14)15,11(16)17)9-7-5-4-6-8-9;;/h4-8H,1-3H3,(H,14,15)(H,16,17);;/q;2*+1/p-2. The number of hydrogen-bond acceptors (Lipinski definition) is 4. The van der Waals surface area contributed by atoms with E-state index in [9.17, 15) is 19.8 Å². The first-order valence-corrected chi connectivity index (χ1v) is 5.23. The van der Waals surface area contributed by atoms with E-state index >= 15 is 0 Å². The third kappa shape index (κ3) is 4.14. The predicted molar refractivity (Wildman–Crippen MR) is 57.6 cm³/mol. The van der Waals surface area contributed by atoms with Gasteiger partial charge in [0.15, 0.2) is 0 Å². The maximum Gasteiger partial charge on any atom is 1.00 e. The zero-order chi connectivity index (χ0) is 13.3. The van der Waals surface area contributed by atoms with Gasteiger partial charge in [-0.3, -0.25) is 0 Å². The molecule has 0 aliphatic heterocycles. The summed E-state index contributed by atoms with van der Waals surface area (Å²) in [6.45, 7) is 4.60. The number of carbonyl (C=O) groups excluding carboxylic acids is 2. The Morgan fingerprint density at radius 1 is 0.947 bits per heavy atom. The maximum absolute atomic E-state index is 11.4. The number of carbonyl (C=O) groups is 2. The summed E-state index contributed by atoms with van der Waals surface area (Å²) in [4.78, 5) is 22.8. The number of carboxylic acids is 2. The Labute approximate surface area is 177 Å². The van der Waals surface area contributed by atoms with Crippen LogP contribution in [0.1, 0.15) is 26.3 Å². The second-order valence-electron chi connectivity index (χ2n) is 4.94. The predicted octanol–water partition coefficient (Wildman–Crippen LogP) is -6.52. The third-order valence-corrected chi connectivity index (χ3v) is 2.94. The van der Waals surface area contributed by atoms with Crippen molar-refractivity contribution in [2.75, 3.05) is 0 Å². The molecular formula is C13H14KNaO4. The van der Waals surface area contributed by atoms with Crippen molar-refractivity contribution in [3.05, 3.63) is 35.9 Å². The summed E-state index contributed by atoms with van der Waals surface area (Å²) in [5.74, 6) is -3.31. The number of carboxylic acid groups (broad SMARTS) is 2. The molecule has 0 amide bonds. The Morgan fingerprint density at radius 3 is 1.58 bits per heavy atom. The molecule has 0 aliphatic carbocycles. The normalized spacial score (nSPS) is 10.9. The van der Waals surface area contributed by atoms with Gasteiger partial charge in [-0.25, -0.2) is 0 Å². The summed E-state index contributed by atoms with van der Waals surface area (Å²) in [6, 6.07) is 7.76. The molecule has 0 saturated heterocycles. The summed E-state index contributed by atoms with van der Waals surface area (Å²) >= 11 is 0. The fourth-order valence-electron chi connectivity index (χ4n) is 2.05. The van der Waals surface area contributed by atoms with Crippen molar-refractivity contribution in [3.8, 4) is 0 Å². The SMILES string of the molecule is CC(C)(C)C(C(=O)[O-])(C(=O)[O-])c1ccccc1.[K+].[Na+]. The Morgan fingerprint density at radius 2 is 1.32 bits per heavy atom. The van der Waals surface area contributed by atoms with Gasteiger partial charge >= 0.3 is 80.9 Å². The summed E-state index contributed by atoms with van der Waals surface area (Å²) in [6.07, 6.45) is 0. The van der Waals surface area contributed by atoms with Crippen molar-refractivity contribution in [3.63, 3.8) is 0 Å². The van der Waals surface area contributed by atoms with Gasteiger partial charge in [-0.1, -0.05) is 51.1 Å². The fraction of sp³-hybridized carbons (Fsp3) is 0.385. The first kappa shape index (κ1) is 22.1. The Bertz CT molecular complexity index is 426. The van der Waals surface area contributed by atoms with Gasteiger partial charge in [0, 0.05) is 0 Å². The van der Waals surface area contributed by atoms with E-state index in [1.54, 1.807) is 18.2 Å². The molecule has 19 heavy (non-hydrogen) atoms. The molecule has 0 spiro atoms. The van der Waals surface area contributed by atoms with Crippen LogP contribution in [0.25, 0.3) is 0 Å². The fourth-order valence-corrected chi connectivity index (χ4v) is 2.05. The second kappa shape index (κ2) is 8.29. The molecule has 0 unspecified atom stereocenters. The van der Waals surface area contributed by atoms with Crippen LogP contribution < -0.4 is 91.2 Å². The van der Waals surface area contributed by atoms with Gasteiger partial charge in [-0.15, -0.1) is 0 Å². The molecular weight excluding hydrogens is 282 g/mol. The number of aliphatic carboxylic acids is 2. The summed E-state index contributed by atoms with van der Waals surface area (Å²) < 4.78 is 0. The van der Waals surface area contributed by atoms with Gasteiger partial charge in [0.05, 0.1) is 17.4 Å². The molecule has 92 valence electrons. The van der Waals surface area contributed by atoms with Crippen molar-refractivity contribution in [1.29, 1.82) is 0 Å². The Hall–Kier alpha value is 0.796. The van der Waals surface area contributed by atoms with Crippen molar-refractivity contribution < 1.29 is 101 Å². The Kier molecular flexibility index (Phi) is 9.64. The molecule has 0 fully saturated rings. The van der Waals surface area contributed by atoms with E-state index in [1.165, 1.54) is 32.9 Å². The van der Waals surface area contributed by atoms with Gasteiger partial charge in [-0.2, -0.15) is 0 Å². The first-order chi connectivity index (χ1) is 7.74. The molecule has 0 N–H and O–H groups in total. The van der Waals surface area contributed by atoms with Crippen LogP contribution in [-0.4, -0.2) is 11.9 Å². The smallest absolute Gasteiger partial charge is 0.549 e. The van der Waals surface area contributed by atoms with E-state index in [-0.39, 0.29) is 86.5 Å². The van der Waals surface area contributed by atoms with Crippen molar-refractivity contribution >= 4 is 11.9 Å². The van der Waals surface area contributed by atoms with Crippen molar-refractivity contribution in [2.24, 2.45) is 5.41 Å². The summed E-state index contributed by atoms with van der Waals surface area (Å²) in [5, 5.41) is 22.8. The van der Waals surface area contributed by atoms with Gasteiger partial charge in [-0.05, 0) is 11.0 Å². The van der Waals surface area contributed by atoms with Crippen LogP contribution in [0.2, 0.25) is 0 Å². The molecule has 0 bridgehead atoms. The average Bonchev–Trinajstić information content (AvgIpc) is 2.16. The second-order valence-corrected chi connectivity index (χ2v) is 4.94. The van der Waals surface area contributed by atoms with Crippen LogP contribution in [0.5, 0.6) is 0 Å². The van der Waals surface area contributed by atoms with Gasteiger partial charge < -0.3 is 19.8 Å². The summed E-state index contributed by atoms with van der Waals surface area (Å²) in [7, 11) is 0. The molecule has 1 aromatic carbocycles. The molecule has 0 heterocycles. The molecule has 4 nitrogen and oxygen atoms in total. The molecule has 1 aromatic rings. The van der Waals surface area contributed by atoms with E-state index in [0.29, 0.717) is 0 Å². The van der Waals surface area contributed by atoms with Crippen LogP contribution in [-0.2, 0) is 15.0 Å². The molecule has 0 aromatic heterocycles. The van der Waals surface area contributed by atoms with Crippen LogP contribution in [0.15, 0.2) is 30.3 Å². The quantitative estimate of drug-likeness (QED) is 0.410. The Balaban J connectivity index is 0. The molecule has 1 rings (SSSR count). The first-order valence-electron chi connectivity index (χ1n) is 5.23. The van der Waals surface area contributed by atoms with Crippen LogP contribution >= 0.6 is 0 Å². The van der Waals surface area contributed by atoms with Gasteiger partial charge in [0.25, 0.3) is 0 Å².